The lowest BCUT2D eigenvalue weighted by Crippen LogP contribution is -2.59. The Balaban J connectivity index is 1.27. The first-order valence-electron chi connectivity index (χ1n) is 12.3. The van der Waals surface area contributed by atoms with Crippen molar-refractivity contribution < 1.29 is 27.5 Å². The van der Waals surface area contributed by atoms with Gasteiger partial charge >= 0.3 is 0 Å². The molecule has 0 spiro atoms. The Morgan fingerprint density at radius 3 is 2.38 bits per heavy atom. The van der Waals surface area contributed by atoms with Crippen LogP contribution in [-0.4, -0.2) is 76.3 Å². The summed E-state index contributed by atoms with van der Waals surface area (Å²) >= 11 is 5.90. The summed E-state index contributed by atoms with van der Waals surface area (Å²) < 4.78 is 38.3. The van der Waals surface area contributed by atoms with Crippen molar-refractivity contribution in [3.05, 3.63) is 52.6 Å². The summed E-state index contributed by atoms with van der Waals surface area (Å²) in [4.78, 5) is 31.9. The van der Waals surface area contributed by atoms with Crippen molar-refractivity contribution >= 4 is 33.3 Å². The number of hydrogen-bond acceptors (Lipinski definition) is 7. The molecule has 2 amide bonds. The van der Waals surface area contributed by atoms with Gasteiger partial charge in [0.1, 0.15) is 10.4 Å². The highest BCUT2D eigenvalue weighted by Crippen LogP contribution is 2.50. The molecule has 5 rings (SSSR count). The van der Waals surface area contributed by atoms with Gasteiger partial charge in [-0.25, -0.2) is 13.4 Å². The van der Waals surface area contributed by atoms with Crippen LogP contribution in [0.4, 0.5) is 0 Å². The standard InChI is InChI=1S/C25H31ClN4O6S/c1-23(2)35-15-24(3,16-36-23)37(33,34)25(8-9-25)14-29-10-11-30-19(22(29)32)13-27-20(30)21(31)28-12-17-4-6-18(26)7-5-17/h4-7,13H,8-12,14-16H2,1-3H3,(H,28,31). The number of carbonyl (C=O) groups excluding carboxylic acids is 2. The van der Waals surface area contributed by atoms with Crippen LogP contribution in [0, 0.1) is 0 Å². The van der Waals surface area contributed by atoms with Crippen LogP contribution >= 0.6 is 11.6 Å². The molecule has 1 saturated heterocycles. The first-order valence-corrected chi connectivity index (χ1v) is 14.1. The molecule has 12 heteroatoms. The molecule has 3 heterocycles. The van der Waals surface area contributed by atoms with Gasteiger partial charge in [0.15, 0.2) is 21.4 Å². The van der Waals surface area contributed by atoms with E-state index in [1.807, 2.05) is 12.1 Å². The second-order valence-corrected chi connectivity index (χ2v) is 14.1. The molecule has 10 nitrogen and oxygen atoms in total. The fraction of sp³-hybridized carbons (Fsp3) is 0.560. The predicted octanol–water partition coefficient (Wildman–Crippen LogP) is 2.41. The van der Waals surface area contributed by atoms with Crippen LogP contribution in [0.2, 0.25) is 5.02 Å². The van der Waals surface area contributed by atoms with Crippen molar-refractivity contribution in [1.82, 2.24) is 19.8 Å². The number of amides is 2. The number of ether oxygens (including phenoxy) is 2. The molecule has 3 aliphatic rings. The van der Waals surface area contributed by atoms with Gasteiger partial charge in [-0.15, -0.1) is 0 Å². The molecule has 200 valence electrons. The monoisotopic (exact) mass is 550 g/mol. The number of fused-ring (bicyclic) bond motifs is 1. The van der Waals surface area contributed by atoms with Gasteiger partial charge in [0.05, 0.1) is 24.2 Å². The van der Waals surface area contributed by atoms with E-state index in [0.717, 1.165) is 5.56 Å². The van der Waals surface area contributed by atoms with Crippen molar-refractivity contribution in [3.8, 4) is 0 Å². The highest BCUT2D eigenvalue weighted by Gasteiger charge is 2.63. The molecule has 0 bridgehead atoms. The van der Waals surface area contributed by atoms with Gasteiger partial charge in [-0.2, -0.15) is 0 Å². The Bertz CT molecular complexity index is 1320. The van der Waals surface area contributed by atoms with Gasteiger partial charge in [0.25, 0.3) is 11.8 Å². The SMILES string of the molecule is CC1(C)OCC(C)(S(=O)(=O)C2(CN3CCn4c(cnc4C(=O)NCc4ccc(Cl)cc4)C3=O)CC2)CO1. The maximum atomic E-state index is 13.8. The first kappa shape index (κ1) is 26.1. The smallest absolute Gasteiger partial charge is 0.287 e. The summed E-state index contributed by atoms with van der Waals surface area (Å²) in [6.07, 6.45) is 2.34. The number of hydrogen-bond donors (Lipinski definition) is 1. The number of imidazole rings is 1. The summed E-state index contributed by atoms with van der Waals surface area (Å²) in [5.41, 5.74) is 1.15. The Hall–Kier alpha value is -2.47. The van der Waals surface area contributed by atoms with Crippen LogP contribution in [0.5, 0.6) is 0 Å². The number of nitrogens with zero attached hydrogens (tertiary/aromatic N) is 3. The van der Waals surface area contributed by atoms with Crippen molar-refractivity contribution in [3.63, 3.8) is 0 Å². The molecule has 0 unspecified atom stereocenters. The first-order chi connectivity index (χ1) is 17.4. The third-order valence-electron chi connectivity index (χ3n) is 7.48. The Morgan fingerprint density at radius 1 is 1.11 bits per heavy atom. The van der Waals surface area contributed by atoms with Crippen LogP contribution in [0.3, 0.4) is 0 Å². The lowest BCUT2D eigenvalue weighted by Gasteiger charge is -2.43. The number of rotatable bonds is 7. The Morgan fingerprint density at radius 2 is 1.76 bits per heavy atom. The van der Waals surface area contributed by atoms with Crippen molar-refractivity contribution in [2.45, 2.75) is 62.0 Å². The van der Waals surface area contributed by atoms with E-state index < -0.39 is 31.0 Å². The molecule has 2 aliphatic heterocycles. The van der Waals surface area contributed by atoms with Gasteiger partial charge in [0.2, 0.25) is 0 Å². The molecule has 1 aromatic carbocycles. The van der Waals surface area contributed by atoms with Gasteiger partial charge in [-0.05, 0) is 51.3 Å². The zero-order valence-electron chi connectivity index (χ0n) is 21.1. The average molecular weight is 551 g/mol. The van der Waals surface area contributed by atoms with E-state index in [0.29, 0.717) is 31.0 Å². The topological polar surface area (TPSA) is 120 Å². The van der Waals surface area contributed by atoms with Gasteiger partial charge < -0.3 is 24.3 Å². The lowest BCUT2D eigenvalue weighted by atomic mass is 10.1. The maximum absolute atomic E-state index is 13.8. The van der Waals surface area contributed by atoms with E-state index >= 15 is 0 Å². The minimum Gasteiger partial charge on any atom is -0.349 e. The van der Waals surface area contributed by atoms with Crippen LogP contribution in [-0.2, 0) is 32.4 Å². The van der Waals surface area contributed by atoms with Crippen LogP contribution in [0.1, 0.15) is 60.3 Å². The molecule has 2 aromatic rings. The van der Waals surface area contributed by atoms with Crippen LogP contribution < -0.4 is 5.32 Å². The predicted molar refractivity (Wildman–Crippen MR) is 136 cm³/mol. The number of halogens is 1. The van der Waals surface area contributed by atoms with E-state index in [1.165, 1.54) is 6.20 Å². The van der Waals surface area contributed by atoms with E-state index in [-0.39, 0.29) is 43.7 Å². The summed E-state index contributed by atoms with van der Waals surface area (Å²) in [6.45, 7) is 6.27. The van der Waals surface area contributed by atoms with Crippen molar-refractivity contribution in [2.24, 2.45) is 0 Å². The average Bonchev–Trinajstić information content (AvgIpc) is 3.52. The van der Waals surface area contributed by atoms with Crippen LogP contribution in [0.25, 0.3) is 0 Å². The zero-order chi connectivity index (χ0) is 26.6. The molecular weight excluding hydrogens is 520 g/mol. The molecule has 1 N–H and O–H groups in total. The van der Waals surface area contributed by atoms with E-state index in [4.69, 9.17) is 21.1 Å². The molecule has 1 aromatic heterocycles. The third kappa shape index (κ3) is 4.67. The minimum atomic E-state index is -3.68. The molecule has 37 heavy (non-hydrogen) atoms. The van der Waals surface area contributed by atoms with Gasteiger partial charge in [-0.1, -0.05) is 23.7 Å². The minimum absolute atomic E-state index is 0.0410. The summed E-state index contributed by atoms with van der Waals surface area (Å²) in [5, 5.41) is 3.43. The highest BCUT2D eigenvalue weighted by atomic mass is 35.5. The van der Waals surface area contributed by atoms with Gasteiger partial charge in [-0.3, -0.25) is 9.59 Å². The largest absolute Gasteiger partial charge is 0.349 e. The van der Waals surface area contributed by atoms with Gasteiger partial charge in [0, 0.05) is 31.2 Å². The number of carbonyl (C=O) groups is 2. The summed E-state index contributed by atoms with van der Waals surface area (Å²) in [6, 6.07) is 7.13. The summed E-state index contributed by atoms with van der Waals surface area (Å²) in [7, 11) is -3.68. The molecular formula is C25H31ClN4O6S. The number of sulfone groups is 1. The van der Waals surface area contributed by atoms with E-state index in [9.17, 15) is 18.0 Å². The highest BCUT2D eigenvalue weighted by molar-refractivity contribution is 7.94. The van der Waals surface area contributed by atoms with Crippen LogP contribution in [0.15, 0.2) is 30.5 Å². The van der Waals surface area contributed by atoms with E-state index in [1.54, 1.807) is 42.4 Å². The van der Waals surface area contributed by atoms with E-state index in [2.05, 4.69) is 10.3 Å². The fourth-order valence-electron chi connectivity index (χ4n) is 4.87. The molecule has 0 atom stereocenters. The number of aromatic nitrogens is 2. The van der Waals surface area contributed by atoms with Crippen molar-refractivity contribution in [2.75, 3.05) is 26.3 Å². The lowest BCUT2D eigenvalue weighted by molar-refractivity contribution is -0.254. The third-order valence-corrected chi connectivity index (χ3v) is 10.9. The normalized spacial score (nSPS) is 21.8. The molecule has 0 radical (unpaired) electrons. The van der Waals surface area contributed by atoms with Crippen molar-refractivity contribution in [1.29, 1.82) is 0 Å². The Labute approximate surface area is 221 Å². The second kappa shape index (κ2) is 9.07. The summed E-state index contributed by atoms with van der Waals surface area (Å²) in [5.74, 6) is -1.40. The zero-order valence-corrected chi connectivity index (χ0v) is 22.7. The Kier molecular flexibility index (Phi) is 6.41. The molecule has 1 aliphatic carbocycles. The number of nitrogens with one attached hydrogen (secondary N) is 1. The quantitative estimate of drug-likeness (QED) is 0.562. The second-order valence-electron chi connectivity index (χ2n) is 10.8. The molecule has 1 saturated carbocycles. The number of benzene rings is 1. The fourth-order valence-corrected chi connectivity index (χ4v) is 7.43. The maximum Gasteiger partial charge on any atom is 0.287 e. The molecule has 2 fully saturated rings.